The van der Waals surface area contributed by atoms with Crippen LogP contribution >= 0.6 is 23.2 Å². The molecule has 1 aromatic heterocycles. The predicted octanol–water partition coefficient (Wildman–Crippen LogP) is 4.36. The van der Waals surface area contributed by atoms with Crippen molar-refractivity contribution in [3.8, 4) is 11.1 Å². The van der Waals surface area contributed by atoms with Crippen LogP contribution < -0.4 is 5.32 Å². The Kier molecular flexibility index (Phi) is 4.11. The van der Waals surface area contributed by atoms with E-state index in [0.29, 0.717) is 16.6 Å². The van der Waals surface area contributed by atoms with Crippen molar-refractivity contribution in [3.63, 3.8) is 0 Å². The lowest BCUT2D eigenvalue weighted by atomic mass is 10.1. The molecule has 0 saturated heterocycles. The lowest BCUT2D eigenvalue weighted by Gasteiger charge is -2.06. The molecule has 0 spiro atoms. The molecular weight excluding hydrogens is 257 g/mol. The van der Waals surface area contributed by atoms with Crippen LogP contribution in [0.3, 0.4) is 0 Å². The molecule has 0 atom stereocenters. The van der Waals surface area contributed by atoms with Gasteiger partial charge in [-0.2, -0.15) is 0 Å². The van der Waals surface area contributed by atoms with Crippen LogP contribution in [-0.2, 0) is 6.54 Å². The molecule has 0 bridgehead atoms. The summed E-state index contributed by atoms with van der Waals surface area (Å²) in [6, 6.07) is 7.33. The first-order valence-corrected chi connectivity index (χ1v) is 6.20. The van der Waals surface area contributed by atoms with Crippen LogP contribution in [-0.4, -0.2) is 6.54 Å². The zero-order valence-electron chi connectivity index (χ0n) is 9.47. The van der Waals surface area contributed by atoms with Crippen LogP contribution in [0.15, 0.2) is 34.9 Å². The molecule has 0 saturated carbocycles. The van der Waals surface area contributed by atoms with E-state index in [0.717, 1.165) is 23.4 Å². The molecule has 0 aliphatic heterocycles. The molecule has 1 aromatic carbocycles. The van der Waals surface area contributed by atoms with Crippen LogP contribution in [0.4, 0.5) is 0 Å². The van der Waals surface area contributed by atoms with Crippen LogP contribution in [0.5, 0.6) is 0 Å². The Hall–Kier alpha value is -0.960. The normalized spacial score (nSPS) is 10.8. The number of nitrogens with one attached hydrogen (secondary N) is 1. The van der Waals surface area contributed by atoms with E-state index in [-0.39, 0.29) is 0 Å². The third-order valence-electron chi connectivity index (χ3n) is 2.50. The third kappa shape index (κ3) is 2.83. The van der Waals surface area contributed by atoms with Gasteiger partial charge in [0.15, 0.2) is 0 Å². The van der Waals surface area contributed by atoms with E-state index in [1.807, 2.05) is 12.1 Å². The van der Waals surface area contributed by atoms with Gasteiger partial charge in [0.05, 0.1) is 12.8 Å². The molecule has 0 radical (unpaired) electrons. The van der Waals surface area contributed by atoms with Crippen molar-refractivity contribution >= 4 is 23.2 Å². The molecule has 17 heavy (non-hydrogen) atoms. The fraction of sp³-hybridized carbons (Fsp3) is 0.231. The Morgan fingerprint density at radius 3 is 2.76 bits per heavy atom. The molecule has 0 amide bonds. The second-order valence-corrected chi connectivity index (χ2v) is 4.51. The molecular formula is C13H13Cl2NO. The topological polar surface area (TPSA) is 25.2 Å². The number of rotatable bonds is 4. The Balaban J connectivity index is 2.38. The van der Waals surface area contributed by atoms with E-state index in [1.165, 1.54) is 0 Å². The molecule has 1 heterocycles. The van der Waals surface area contributed by atoms with Gasteiger partial charge in [0.25, 0.3) is 0 Å². The maximum atomic E-state index is 6.17. The first-order chi connectivity index (χ1) is 8.22. The second kappa shape index (κ2) is 5.58. The lowest BCUT2D eigenvalue weighted by molar-refractivity contribution is 0.489. The molecule has 1 N–H and O–H groups in total. The van der Waals surface area contributed by atoms with Gasteiger partial charge in [-0.1, -0.05) is 30.1 Å². The Morgan fingerprint density at radius 2 is 2.00 bits per heavy atom. The third-order valence-corrected chi connectivity index (χ3v) is 3.06. The maximum Gasteiger partial charge on any atom is 0.125 e. The summed E-state index contributed by atoms with van der Waals surface area (Å²) in [6.45, 7) is 3.63. The van der Waals surface area contributed by atoms with Gasteiger partial charge in [-0.15, -0.1) is 0 Å². The maximum absolute atomic E-state index is 6.17. The fourth-order valence-corrected chi connectivity index (χ4v) is 2.05. The van der Waals surface area contributed by atoms with Crippen LogP contribution in [0, 0.1) is 0 Å². The second-order valence-electron chi connectivity index (χ2n) is 3.66. The van der Waals surface area contributed by atoms with E-state index in [2.05, 4.69) is 12.2 Å². The van der Waals surface area contributed by atoms with Crippen molar-refractivity contribution in [2.24, 2.45) is 0 Å². The van der Waals surface area contributed by atoms with Crippen molar-refractivity contribution in [1.82, 2.24) is 5.32 Å². The first kappa shape index (κ1) is 12.5. The van der Waals surface area contributed by atoms with Gasteiger partial charge in [-0.05, 0) is 30.8 Å². The molecule has 0 fully saturated rings. The van der Waals surface area contributed by atoms with Crippen molar-refractivity contribution in [2.45, 2.75) is 13.5 Å². The van der Waals surface area contributed by atoms with E-state index in [4.69, 9.17) is 27.6 Å². The van der Waals surface area contributed by atoms with Crippen LogP contribution in [0.25, 0.3) is 11.1 Å². The zero-order chi connectivity index (χ0) is 12.3. The summed E-state index contributed by atoms with van der Waals surface area (Å²) in [5, 5.41) is 4.57. The zero-order valence-corrected chi connectivity index (χ0v) is 11.0. The van der Waals surface area contributed by atoms with E-state index in [1.54, 1.807) is 18.4 Å². The molecule has 0 aliphatic carbocycles. The monoisotopic (exact) mass is 269 g/mol. The van der Waals surface area contributed by atoms with Gasteiger partial charge in [-0.25, -0.2) is 0 Å². The summed E-state index contributed by atoms with van der Waals surface area (Å²) in [7, 11) is 0. The smallest absolute Gasteiger partial charge is 0.125 e. The molecule has 2 nitrogen and oxygen atoms in total. The standard InChI is InChI=1S/C13H13Cl2NO/c1-2-16-8-13-10(5-6-17-13)11-7-9(14)3-4-12(11)15/h3-7,16H,2,8H2,1H3. The summed E-state index contributed by atoms with van der Waals surface area (Å²) in [5.74, 6) is 0.871. The number of hydrogen-bond donors (Lipinski definition) is 1. The first-order valence-electron chi connectivity index (χ1n) is 5.45. The summed E-state index contributed by atoms with van der Waals surface area (Å²) in [4.78, 5) is 0. The van der Waals surface area contributed by atoms with Crippen molar-refractivity contribution < 1.29 is 4.42 Å². The Morgan fingerprint density at radius 1 is 1.18 bits per heavy atom. The Labute approximate surface area is 111 Å². The minimum absolute atomic E-state index is 0.667. The highest BCUT2D eigenvalue weighted by Gasteiger charge is 2.11. The highest BCUT2D eigenvalue weighted by Crippen LogP contribution is 2.33. The number of hydrogen-bond acceptors (Lipinski definition) is 2. The number of furan rings is 1. The largest absolute Gasteiger partial charge is 0.467 e. The molecule has 2 aromatic rings. The Bertz CT molecular complexity index is 508. The van der Waals surface area contributed by atoms with Crippen LogP contribution in [0.1, 0.15) is 12.7 Å². The fourth-order valence-electron chi connectivity index (χ4n) is 1.66. The lowest BCUT2D eigenvalue weighted by Crippen LogP contribution is -2.11. The molecule has 4 heteroatoms. The minimum Gasteiger partial charge on any atom is -0.467 e. The van der Waals surface area contributed by atoms with E-state index < -0.39 is 0 Å². The highest BCUT2D eigenvalue weighted by atomic mass is 35.5. The average molecular weight is 270 g/mol. The average Bonchev–Trinajstić information content (AvgIpc) is 2.77. The molecule has 2 rings (SSSR count). The summed E-state index contributed by atoms with van der Waals surface area (Å²) in [5.41, 5.74) is 1.89. The van der Waals surface area contributed by atoms with Gasteiger partial charge in [0.2, 0.25) is 0 Å². The van der Waals surface area contributed by atoms with Crippen molar-refractivity contribution in [1.29, 1.82) is 0 Å². The summed E-state index contributed by atoms with van der Waals surface area (Å²) in [6.07, 6.45) is 1.67. The van der Waals surface area contributed by atoms with Gasteiger partial charge >= 0.3 is 0 Å². The van der Waals surface area contributed by atoms with Gasteiger partial charge in [0.1, 0.15) is 5.76 Å². The molecule has 0 aliphatic rings. The van der Waals surface area contributed by atoms with Crippen molar-refractivity contribution in [3.05, 3.63) is 46.3 Å². The highest BCUT2D eigenvalue weighted by molar-refractivity contribution is 6.35. The summed E-state index contributed by atoms with van der Waals surface area (Å²) < 4.78 is 5.45. The predicted molar refractivity (Wildman–Crippen MR) is 71.5 cm³/mol. The molecule has 90 valence electrons. The number of benzene rings is 1. The quantitative estimate of drug-likeness (QED) is 0.892. The van der Waals surface area contributed by atoms with Crippen molar-refractivity contribution in [2.75, 3.05) is 6.54 Å². The minimum atomic E-state index is 0.667. The van der Waals surface area contributed by atoms with E-state index >= 15 is 0 Å². The van der Waals surface area contributed by atoms with Gasteiger partial charge in [0, 0.05) is 21.2 Å². The van der Waals surface area contributed by atoms with E-state index in [9.17, 15) is 0 Å². The summed E-state index contributed by atoms with van der Waals surface area (Å²) >= 11 is 12.2. The SMILES string of the molecule is CCNCc1occc1-c1cc(Cl)ccc1Cl. The van der Waals surface area contributed by atoms with Crippen LogP contribution in [0.2, 0.25) is 10.0 Å². The van der Waals surface area contributed by atoms with Gasteiger partial charge in [-0.3, -0.25) is 0 Å². The molecule has 0 unspecified atom stereocenters. The number of halogens is 2. The van der Waals surface area contributed by atoms with Gasteiger partial charge < -0.3 is 9.73 Å².